The third-order valence-corrected chi connectivity index (χ3v) is 8.29. The monoisotopic (exact) mass is 532 g/mol. The van der Waals surface area contributed by atoms with Crippen LogP contribution in [0.15, 0.2) is 0 Å². The van der Waals surface area contributed by atoms with Gasteiger partial charge in [0.05, 0.1) is 0 Å². The van der Waals surface area contributed by atoms with E-state index in [0.29, 0.717) is 0 Å². The van der Waals surface area contributed by atoms with Gasteiger partial charge in [-0.15, -0.1) is 0 Å². The number of ether oxygens (including phenoxy) is 3. The summed E-state index contributed by atoms with van der Waals surface area (Å²) in [5.41, 5.74) is -1.85. The molecule has 1 heterocycles. The summed E-state index contributed by atoms with van der Waals surface area (Å²) >= 11 is 0. The van der Waals surface area contributed by atoms with Gasteiger partial charge in [0.2, 0.25) is 0 Å². The van der Waals surface area contributed by atoms with E-state index >= 15 is 0 Å². The molecular weight excluding hydrogens is 512 g/mol. The van der Waals surface area contributed by atoms with Crippen molar-refractivity contribution in [2.45, 2.75) is 67.0 Å². The number of esters is 1. The molecule has 3 aliphatic carbocycles. The predicted molar refractivity (Wildman–Crippen MR) is 92.9 cm³/mol. The predicted octanol–water partition coefficient (Wildman–Crippen LogP) is 3.48. The second-order valence-electron chi connectivity index (χ2n) is 9.72. The van der Waals surface area contributed by atoms with E-state index in [1.54, 1.807) is 0 Å². The molecule has 0 aromatic heterocycles. The van der Waals surface area contributed by atoms with Crippen molar-refractivity contribution in [1.29, 1.82) is 0 Å². The van der Waals surface area contributed by atoms with Crippen LogP contribution < -0.4 is 0 Å². The van der Waals surface area contributed by atoms with E-state index in [-0.39, 0.29) is 25.2 Å². The quantitative estimate of drug-likeness (QED) is 0.338. The lowest BCUT2D eigenvalue weighted by atomic mass is 9.61. The van der Waals surface area contributed by atoms with E-state index in [9.17, 15) is 48.3 Å². The minimum atomic E-state index is -6.17. The highest BCUT2D eigenvalue weighted by atomic mass is 32.2. The van der Waals surface area contributed by atoms with Crippen molar-refractivity contribution in [2.75, 3.05) is 13.2 Å². The van der Waals surface area contributed by atoms with Crippen molar-refractivity contribution in [1.82, 2.24) is 0 Å². The van der Waals surface area contributed by atoms with Gasteiger partial charge in [0.15, 0.2) is 5.79 Å². The van der Waals surface area contributed by atoms with Gasteiger partial charge in [0.25, 0.3) is 0 Å². The number of carbonyl (C=O) groups excluding carboxylic acids is 1. The van der Waals surface area contributed by atoms with Gasteiger partial charge in [-0.2, -0.15) is 43.5 Å². The Morgan fingerprint density at radius 1 is 1.00 bits per heavy atom. The molecule has 1 aliphatic heterocycles. The standard InChI is InChI=1S/C18H20F8O7S/c1-13(33-12(27)17(23,24)34(28,29)30)4-8-2-11-10(8)3-9(5-13)16(11)31-6-14(19,20)18(25,26)15(21,22)7-32-16/h8-11H,2-7H2,1H3,(H,28,29,30). The molecule has 0 aromatic rings. The number of alkyl halides is 8. The molecule has 1 saturated heterocycles. The molecule has 7 nitrogen and oxygen atoms in total. The molecule has 3 saturated carbocycles. The first-order valence-corrected chi connectivity index (χ1v) is 11.6. The zero-order valence-corrected chi connectivity index (χ0v) is 18.2. The van der Waals surface area contributed by atoms with Crippen LogP contribution in [0.5, 0.6) is 0 Å². The minimum absolute atomic E-state index is 0.0571. The molecule has 0 aromatic carbocycles. The SMILES string of the molecule is CC1(OC(=O)C(F)(F)S(=O)(=O)O)CC2CC3C2CC(C1)C31OCC(F)(F)C(F)(F)C(F)(F)CO1. The first kappa shape index (κ1) is 25.8. The maximum Gasteiger partial charge on any atom is 0.465 e. The molecule has 5 unspecified atom stereocenters. The van der Waals surface area contributed by atoms with Gasteiger partial charge in [0.1, 0.15) is 18.8 Å². The summed E-state index contributed by atoms with van der Waals surface area (Å²) in [5, 5.41) is -5.30. The zero-order valence-electron chi connectivity index (χ0n) is 17.4. The smallest absolute Gasteiger partial charge is 0.454 e. The Kier molecular flexibility index (Phi) is 5.43. The summed E-state index contributed by atoms with van der Waals surface area (Å²) in [6.07, 6.45) is -0.322. The Morgan fingerprint density at radius 2 is 1.53 bits per heavy atom. The summed E-state index contributed by atoms with van der Waals surface area (Å²) < 4.78 is 156. The topological polar surface area (TPSA) is 99.1 Å². The fourth-order valence-electron chi connectivity index (χ4n) is 5.86. The lowest BCUT2D eigenvalue weighted by Gasteiger charge is -2.54. The van der Waals surface area contributed by atoms with Gasteiger partial charge < -0.3 is 14.2 Å². The average molecular weight is 532 g/mol. The maximum absolute atomic E-state index is 14.0. The first-order chi connectivity index (χ1) is 15.2. The van der Waals surface area contributed by atoms with Crippen molar-refractivity contribution < 1.29 is 67.1 Å². The van der Waals surface area contributed by atoms with E-state index < -0.39 is 87.9 Å². The molecule has 2 bridgehead atoms. The third kappa shape index (κ3) is 3.45. The van der Waals surface area contributed by atoms with Crippen LogP contribution in [0.3, 0.4) is 0 Å². The van der Waals surface area contributed by atoms with Gasteiger partial charge in [0, 0.05) is 11.8 Å². The summed E-state index contributed by atoms with van der Waals surface area (Å²) in [5.74, 6) is -23.7. The molecular formula is C18H20F8O7S. The van der Waals surface area contributed by atoms with Crippen molar-refractivity contribution in [3.63, 3.8) is 0 Å². The number of fused-ring (bicyclic) bond motifs is 3. The normalized spacial score (nSPS) is 39.9. The van der Waals surface area contributed by atoms with E-state index in [4.69, 9.17) is 18.8 Å². The molecule has 0 radical (unpaired) electrons. The average Bonchev–Trinajstić information content (AvgIpc) is 2.82. The molecule has 1 N–H and O–H groups in total. The Bertz CT molecular complexity index is 965. The molecule has 4 aliphatic rings. The highest BCUT2D eigenvalue weighted by Gasteiger charge is 2.76. The van der Waals surface area contributed by atoms with Gasteiger partial charge in [-0.05, 0) is 44.4 Å². The van der Waals surface area contributed by atoms with Crippen LogP contribution in [0, 0.1) is 23.7 Å². The second kappa shape index (κ2) is 7.16. The van der Waals surface area contributed by atoms with Crippen LogP contribution >= 0.6 is 0 Å². The molecule has 0 amide bonds. The fraction of sp³-hybridized carbons (Fsp3) is 0.944. The molecule has 4 fully saturated rings. The minimum Gasteiger partial charge on any atom is -0.454 e. The number of hydrogen-bond acceptors (Lipinski definition) is 6. The number of rotatable bonds is 3. The van der Waals surface area contributed by atoms with Gasteiger partial charge in [-0.3, -0.25) is 4.55 Å². The zero-order chi connectivity index (χ0) is 25.8. The Labute approximate surface area is 187 Å². The van der Waals surface area contributed by atoms with Crippen LogP contribution in [0.1, 0.15) is 32.6 Å². The van der Waals surface area contributed by atoms with E-state index in [1.165, 1.54) is 0 Å². The molecule has 196 valence electrons. The fourth-order valence-corrected chi connectivity index (χ4v) is 6.11. The third-order valence-electron chi connectivity index (χ3n) is 7.47. The number of halogens is 8. The number of carbonyl (C=O) groups is 1. The number of hydrogen-bond donors (Lipinski definition) is 1. The lowest BCUT2D eigenvalue weighted by Crippen LogP contribution is -2.65. The summed E-state index contributed by atoms with van der Waals surface area (Å²) in [6, 6.07) is 0. The summed E-state index contributed by atoms with van der Waals surface area (Å²) in [6.45, 7) is -3.05. The largest absolute Gasteiger partial charge is 0.465 e. The van der Waals surface area contributed by atoms with Crippen molar-refractivity contribution in [3.05, 3.63) is 0 Å². The van der Waals surface area contributed by atoms with Crippen molar-refractivity contribution in [2.24, 2.45) is 23.7 Å². The van der Waals surface area contributed by atoms with Crippen LogP contribution in [0.25, 0.3) is 0 Å². The van der Waals surface area contributed by atoms with Crippen LogP contribution in [0.2, 0.25) is 0 Å². The van der Waals surface area contributed by atoms with Crippen LogP contribution in [0.4, 0.5) is 35.1 Å². The lowest BCUT2D eigenvalue weighted by molar-refractivity contribution is -0.406. The van der Waals surface area contributed by atoms with Gasteiger partial charge >= 0.3 is 39.1 Å². The van der Waals surface area contributed by atoms with Crippen molar-refractivity contribution in [3.8, 4) is 0 Å². The Hall–Kier alpha value is -1.26. The van der Waals surface area contributed by atoms with Crippen LogP contribution in [-0.4, -0.2) is 66.6 Å². The molecule has 4 rings (SSSR count). The molecule has 5 atom stereocenters. The van der Waals surface area contributed by atoms with E-state index in [0.717, 1.165) is 6.92 Å². The highest BCUT2D eigenvalue weighted by molar-refractivity contribution is 7.87. The second-order valence-corrected chi connectivity index (χ2v) is 11.2. The highest BCUT2D eigenvalue weighted by Crippen LogP contribution is 2.67. The summed E-state index contributed by atoms with van der Waals surface area (Å²) in [7, 11) is -6.17. The molecule has 1 spiro atoms. The Balaban J connectivity index is 1.64. The molecule has 34 heavy (non-hydrogen) atoms. The van der Waals surface area contributed by atoms with E-state index in [2.05, 4.69) is 0 Å². The first-order valence-electron chi connectivity index (χ1n) is 10.2. The van der Waals surface area contributed by atoms with Crippen molar-refractivity contribution >= 4 is 16.1 Å². The van der Waals surface area contributed by atoms with E-state index in [1.807, 2.05) is 0 Å². The molecule has 16 heteroatoms. The van der Waals surface area contributed by atoms with Crippen LogP contribution in [-0.2, 0) is 29.1 Å². The summed E-state index contributed by atoms with van der Waals surface area (Å²) in [4.78, 5) is 11.9. The van der Waals surface area contributed by atoms with Gasteiger partial charge in [-0.1, -0.05) is 0 Å². The Morgan fingerprint density at radius 3 is 2.03 bits per heavy atom. The maximum atomic E-state index is 14.0. The van der Waals surface area contributed by atoms with Gasteiger partial charge in [-0.25, -0.2) is 4.79 Å².